The maximum Gasteiger partial charge on any atom is 0.241 e. The minimum absolute atomic E-state index is 0.917. The van der Waals surface area contributed by atoms with Gasteiger partial charge in [-0.25, -0.2) is 9.55 Å². The zero-order chi connectivity index (χ0) is 12.4. The summed E-state index contributed by atoms with van der Waals surface area (Å²) in [5, 5.41) is 0. The maximum atomic E-state index is 5.17. The lowest BCUT2D eigenvalue weighted by Gasteiger charge is -2.24. The Hall–Kier alpha value is -1.81. The molecule has 0 aliphatic carbocycles. The first-order valence-electron chi connectivity index (χ1n) is 6.25. The Morgan fingerprint density at radius 3 is 2.94 bits per heavy atom. The topological polar surface area (TPSA) is 32.1 Å². The van der Waals surface area contributed by atoms with Gasteiger partial charge in [-0.05, 0) is 17.7 Å². The minimum atomic E-state index is 0.917. The summed E-state index contributed by atoms with van der Waals surface area (Å²) < 4.78 is 7.46. The van der Waals surface area contributed by atoms with Gasteiger partial charge in [-0.2, -0.15) is 0 Å². The molecule has 1 aromatic carbocycles. The molecule has 0 bridgehead atoms. The van der Waals surface area contributed by atoms with Crippen molar-refractivity contribution in [1.29, 1.82) is 0 Å². The van der Waals surface area contributed by atoms with Gasteiger partial charge >= 0.3 is 0 Å². The van der Waals surface area contributed by atoms with Gasteiger partial charge in [0.1, 0.15) is 18.5 Å². The fraction of sp³-hybridized carbons (Fsp3) is 0.357. The van der Waals surface area contributed by atoms with Crippen molar-refractivity contribution in [2.75, 3.05) is 13.7 Å². The molecule has 1 aliphatic heterocycles. The van der Waals surface area contributed by atoms with E-state index in [2.05, 4.69) is 32.8 Å². The number of hydrogen-bond acceptors (Lipinski definition) is 2. The molecule has 0 spiro atoms. The summed E-state index contributed by atoms with van der Waals surface area (Å²) in [7, 11) is 1.70. The first-order valence-corrected chi connectivity index (χ1v) is 6.25. The van der Waals surface area contributed by atoms with Gasteiger partial charge in [0.25, 0.3) is 0 Å². The number of rotatable bonds is 3. The monoisotopic (exact) mass is 244 g/mol. The Morgan fingerprint density at radius 1 is 1.33 bits per heavy atom. The Labute approximate surface area is 107 Å². The number of hydrogen-bond donors (Lipinski definition) is 1. The van der Waals surface area contributed by atoms with E-state index >= 15 is 0 Å². The van der Waals surface area contributed by atoms with Gasteiger partial charge in [-0.1, -0.05) is 12.1 Å². The molecule has 4 heteroatoms. The average molecular weight is 244 g/mol. The second kappa shape index (κ2) is 4.82. The van der Waals surface area contributed by atoms with Crippen LogP contribution in [0.5, 0.6) is 5.75 Å². The van der Waals surface area contributed by atoms with Gasteiger partial charge in [0.2, 0.25) is 6.33 Å². The number of ether oxygens (including phenoxy) is 1. The third-order valence-corrected chi connectivity index (χ3v) is 3.46. The van der Waals surface area contributed by atoms with Crippen LogP contribution in [0.4, 0.5) is 0 Å². The predicted octanol–water partition coefficient (Wildman–Crippen LogP) is 1.33. The van der Waals surface area contributed by atoms with Crippen molar-refractivity contribution in [3.05, 3.63) is 48.0 Å². The second-order valence-electron chi connectivity index (χ2n) is 4.68. The summed E-state index contributed by atoms with van der Waals surface area (Å²) in [6.07, 6.45) is 4.13. The molecule has 0 atom stereocenters. The quantitative estimate of drug-likeness (QED) is 0.826. The van der Waals surface area contributed by atoms with Crippen LogP contribution in [0.15, 0.2) is 36.8 Å². The SMILES string of the molecule is COc1ccc(CN2CC[n+]3c[nH]cc3C2)cc1. The van der Waals surface area contributed by atoms with Crippen molar-refractivity contribution < 1.29 is 9.30 Å². The summed E-state index contributed by atoms with van der Waals surface area (Å²) in [4.78, 5) is 5.62. The Bertz CT molecular complexity index is 518. The summed E-state index contributed by atoms with van der Waals surface area (Å²) in [5.41, 5.74) is 2.69. The van der Waals surface area contributed by atoms with Crippen molar-refractivity contribution in [2.24, 2.45) is 0 Å². The molecule has 4 nitrogen and oxygen atoms in total. The van der Waals surface area contributed by atoms with E-state index in [9.17, 15) is 0 Å². The molecule has 1 aliphatic rings. The van der Waals surface area contributed by atoms with Crippen LogP contribution in [0, 0.1) is 0 Å². The Kier molecular flexibility index (Phi) is 3.02. The van der Waals surface area contributed by atoms with Crippen LogP contribution in [0.3, 0.4) is 0 Å². The third-order valence-electron chi connectivity index (χ3n) is 3.46. The third kappa shape index (κ3) is 2.24. The van der Waals surface area contributed by atoms with E-state index in [1.54, 1.807) is 7.11 Å². The molecule has 2 heterocycles. The van der Waals surface area contributed by atoms with Crippen LogP contribution in [-0.2, 0) is 19.6 Å². The molecule has 1 N–H and O–H groups in total. The molecule has 0 saturated heterocycles. The van der Waals surface area contributed by atoms with Crippen LogP contribution in [0.2, 0.25) is 0 Å². The average Bonchev–Trinajstić information content (AvgIpc) is 2.87. The van der Waals surface area contributed by atoms with Crippen molar-refractivity contribution in [3.8, 4) is 5.75 Å². The number of imidazole rings is 1. The largest absolute Gasteiger partial charge is 0.497 e. The van der Waals surface area contributed by atoms with E-state index in [1.165, 1.54) is 11.3 Å². The lowest BCUT2D eigenvalue weighted by molar-refractivity contribution is -0.710. The Morgan fingerprint density at radius 2 is 2.17 bits per heavy atom. The molecule has 0 radical (unpaired) electrons. The van der Waals surface area contributed by atoms with E-state index in [-0.39, 0.29) is 0 Å². The van der Waals surface area contributed by atoms with Gasteiger partial charge in [0, 0.05) is 13.1 Å². The molecule has 94 valence electrons. The van der Waals surface area contributed by atoms with Crippen molar-refractivity contribution >= 4 is 0 Å². The van der Waals surface area contributed by atoms with E-state index in [1.807, 2.05) is 18.5 Å². The lowest BCUT2D eigenvalue weighted by atomic mass is 10.2. The molecular formula is C14H18N3O+. The number of nitrogens with one attached hydrogen (secondary N) is 1. The van der Waals surface area contributed by atoms with Gasteiger partial charge in [0.05, 0.1) is 13.7 Å². The van der Waals surface area contributed by atoms with Gasteiger partial charge in [0.15, 0.2) is 5.69 Å². The molecule has 0 unspecified atom stereocenters. The van der Waals surface area contributed by atoms with Gasteiger partial charge in [-0.3, -0.25) is 4.90 Å². The highest BCUT2D eigenvalue weighted by atomic mass is 16.5. The number of aromatic amines is 1. The zero-order valence-corrected chi connectivity index (χ0v) is 10.6. The van der Waals surface area contributed by atoms with Crippen molar-refractivity contribution in [1.82, 2.24) is 9.88 Å². The first-order chi connectivity index (χ1) is 8.85. The number of methoxy groups -OCH3 is 1. The van der Waals surface area contributed by atoms with Gasteiger partial charge in [-0.15, -0.1) is 0 Å². The van der Waals surface area contributed by atoms with Crippen LogP contribution >= 0.6 is 0 Å². The normalized spacial score (nSPS) is 15.4. The van der Waals surface area contributed by atoms with Crippen LogP contribution in [0.25, 0.3) is 0 Å². The number of benzene rings is 1. The second-order valence-corrected chi connectivity index (χ2v) is 4.68. The number of fused-ring (bicyclic) bond motifs is 1. The first kappa shape index (κ1) is 11.3. The summed E-state index contributed by atoms with van der Waals surface area (Å²) in [5.74, 6) is 0.917. The summed E-state index contributed by atoms with van der Waals surface area (Å²) in [6.45, 7) is 4.17. The smallest absolute Gasteiger partial charge is 0.241 e. The standard InChI is InChI=1S/C14H17N3O/c1-18-14-4-2-12(3-5-14)9-16-6-7-17-11-15-8-13(17)10-16/h2-5,8,11H,6-7,9-10H2,1H3/p+1. The van der Waals surface area contributed by atoms with Gasteiger partial charge < -0.3 is 4.74 Å². The zero-order valence-electron chi connectivity index (χ0n) is 10.6. The highest BCUT2D eigenvalue weighted by molar-refractivity contribution is 5.27. The van der Waals surface area contributed by atoms with Crippen LogP contribution < -0.4 is 9.30 Å². The molecule has 0 saturated carbocycles. The van der Waals surface area contributed by atoms with E-state index in [4.69, 9.17) is 4.74 Å². The maximum absolute atomic E-state index is 5.17. The number of H-pyrrole nitrogens is 1. The minimum Gasteiger partial charge on any atom is -0.497 e. The fourth-order valence-electron chi connectivity index (χ4n) is 2.42. The number of aromatic nitrogens is 2. The predicted molar refractivity (Wildman–Crippen MR) is 68.1 cm³/mol. The van der Waals surface area contributed by atoms with Crippen molar-refractivity contribution in [3.63, 3.8) is 0 Å². The fourth-order valence-corrected chi connectivity index (χ4v) is 2.42. The van der Waals surface area contributed by atoms with Crippen molar-refractivity contribution in [2.45, 2.75) is 19.6 Å². The van der Waals surface area contributed by atoms with E-state index in [0.717, 1.165) is 31.9 Å². The summed E-state index contributed by atoms with van der Waals surface area (Å²) >= 11 is 0. The molecule has 2 aromatic rings. The molecular weight excluding hydrogens is 226 g/mol. The molecule has 0 amide bonds. The van der Waals surface area contributed by atoms with E-state index < -0.39 is 0 Å². The summed E-state index contributed by atoms with van der Waals surface area (Å²) in [6, 6.07) is 8.32. The van der Waals surface area contributed by atoms with Crippen LogP contribution in [-0.4, -0.2) is 23.5 Å². The molecule has 0 fully saturated rings. The molecule has 1 aromatic heterocycles. The van der Waals surface area contributed by atoms with E-state index in [0.29, 0.717) is 0 Å². The lowest BCUT2D eigenvalue weighted by Crippen LogP contribution is -2.48. The Balaban J connectivity index is 1.67. The highest BCUT2D eigenvalue weighted by Crippen LogP contribution is 2.14. The molecule has 3 rings (SSSR count). The van der Waals surface area contributed by atoms with Crippen LogP contribution in [0.1, 0.15) is 11.3 Å². The highest BCUT2D eigenvalue weighted by Gasteiger charge is 2.20. The number of nitrogens with zero attached hydrogens (tertiary/aromatic N) is 2. The molecule has 18 heavy (non-hydrogen) atoms.